The quantitative estimate of drug-likeness (QED) is 0.890. The number of phenolic OH excluding ortho intramolecular Hbond substituents is 1. The van der Waals surface area contributed by atoms with Gasteiger partial charge in [0, 0.05) is 5.56 Å². The van der Waals surface area contributed by atoms with Gasteiger partial charge in [0.15, 0.2) is 0 Å². The standard InChI is InChI=1S/C15H14FNO2/c1-10-5-4-7-12(16)15(10)17-14(19)9-11-6-2-3-8-13(11)18/h2-8,18H,9H2,1H3,(H,17,19). The fourth-order valence-corrected chi connectivity index (χ4v) is 1.81. The maximum atomic E-state index is 13.6. The van der Waals surface area contributed by atoms with Crippen molar-refractivity contribution < 1.29 is 14.3 Å². The summed E-state index contributed by atoms with van der Waals surface area (Å²) < 4.78 is 13.6. The molecule has 0 aliphatic carbocycles. The Hall–Kier alpha value is -2.36. The van der Waals surface area contributed by atoms with Crippen molar-refractivity contribution in [2.75, 3.05) is 5.32 Å². The Kier molecular flexibility index (Phi) is 3.80. The minimum absolute atomic E-state index is 0.000444. The zero-order chi connectivity index (χ0) is 13.8. The lowest BCUT2D eigenvalue weighted by atomic mass is 10.1. The topological polar surface area (TPSA) is 49.3 Å². The average molecular weight is 259 g/mol. The Bertz CT molecular complexity index is 591. The largest absolute Gasteiger partial charge is 0.508 e. The van der Waals surface area contributed by atoms with Crippen LogP contribution in [0.2, 0.25) is 0 Å². The summed E-state index contributed by atoms with van der Waals surface area (Å²) in [6.45, 7) is 1.72. The van der Waals surface area contributed by atoms with Gasteiger partial charge in [-0.15, -0.1) is 0 Å². The third-order valence-electron chi connectivity index (χ3n) is 2.83. The number of anilines is 1. The summed E-state index contributed by atoms with van der Waals surface area (Å²) >= 11 is 0. The monoisotopic (exact) mass is 259 g/mol. The van der Waals surface area contributed by atoms with Gasteiger partial charge in [0.2, 0.25) is 5.91 Å². The first kappa shape index (κ1) is 13.1. The summed E-state index contributed by atoms with van der Waals surface area (Å²) in [4.78, 5) is 11.8. The van der Waals surface area contributed by atoms with Crippen LogP contribution in [0, 0.1) is 12.7 Å². The molecule has 2 aromatic carbocycles. The number of halogens is 1. The molecule has 2 aromatic rings. The molecule has 0 spiro atoms. The van der Waals surface area contributed by atoms with Crippen molar-refractivity contribution in [1.82, 2.24) is 0 Å². The van der Waals surface area contributed by atoms with E-state index >= 15 is 0 Å². The number of rotatable bonds is 3. The molecule has 4 heteroatoms. The normalized spacial score (nSPS) is 10.2. The van der Waals surface area contributed by atoms with Crippen LogP contribution in [0.4, 0.5) is 10.1 Å². The first-order chi connectivity index (χ1) is 9.08. The van der Waals surface area contributed by atoms with Gasteiger partial charge in [-0.05, 0) is 24.6 Å². The number of para-hydroxylation sites is 2. The van der Waals surface area contributed by atoms with Gasteiger partial charge in [0.05, 0.1) is 12.1 Å². The van der Waals surface area contributed by atoms with Crippen LogP contribution in [0.15, 0.2) is 42.5 Å². The van der Waals surface area contributed by atoms with Gasteiger partial charge in [-0.3, -0.25) is 4.79 Å². The number of amides is 1. The highest BCUT2D eigenvalue weighted by Gasteiger charge is 2.11. The second-order valence-corrected chi connectivity index (χ2v) is 4.29. The molecule has 0 aromatic heterocycles. The van der Waals surface area contributed by atoms with E-state index in [0.29, 0.717) is 11.1 Å². The highest BCUT2D eigenvalue weighted by molar-refractivity contribution is 5.93. The highest BCUT2D eigenvalue weighted by atomic mass is 19.1. The van der Waals surface area contributed by atoms with Crippen molar-refractivity contribution in [1.29, 1.82) is 0 Å². The van der Waals surface area contributed by atoms with Crippen LogP contribution < -0.4 is 5.32 Å². The van der Waals surface area contributed by atoms with Crippen molar-refractivity contribution >= 4 is 11.6 Å². The molecular weight excluding hydrogens is 245 g/mol. The van der Waals surface area contributed by atoms with E-state index in [4.69, 9.17) is 0 Å². The fourth-order valence-electron chi connectivity index (χ4n) is 1.81. The maximum absolute atomic E-state index is 13.6. The number of carbonyl (C=O) groups is 1. The summed E-state index contributed by atoms with van der Waals surface area (Å²) in [5, 5.41) is 12.1. The molecule has 0 saturated heterocycles. The number of aromatic hydroxyl groups is 1. The van der Waals surface area contributed by atoms with Crippen LogP contribution in [-0.2, 0) is 11.2 Å². The number of aryl methyl sites for hydroxylation is 1. The summed E-state index contributed by atoms with van der Waals surface area (Å²) in [5.41, 5.74) is 1.35. The van der Waals surface area contributed by atoms with Crippen molar-refractivity contribution in [2.24, 2.45) is 0 Å². The molecule has 0 fully saturated rings. The third kappa shape index (κ3) is 3.10. The number of nitrogens with one attached hydrogen (secondary N) is 1. The van der Waals surface area contributed by atoms with E-state index in [1.54, 1.807) is 37.3 Å². The van der Waals surface area contributed by atoms with Crippen LogP contribution >= 0.6 is 0 Å². The molecule has 0 heterocycles. The molecule has 0 aliphatic rings. The zero-order valence-corrected chi connectivity index (χ0v) is 10.5. The minimum Gasteiger partial charge on any atom is -0.508 e. The van der Waals surface area contributed by atoms with Crippen LogP contribution in [0.5, 0.6) is 5.75 Å². The molecule has 0 aliphatic heterocycles. The van der Waals surface area contributed by atoms with Crippen molar-refractivity contribution in [3.63, 3.8) is 0 Å². The maximum Gasteiger partial charge on any atom is 0.229 e. The van der Waals surface area contributed by atoms with E-state index in [1.165, 1.54) is 12.1 Å². The molecule has 98 valence electrons. The molecule has 2 rings (SSSR count). The van der Waals surface area contributed by atoms with E-state index < -0.39 is 5.82 Å². The van der Waals surface area contributed by atoms with Crippen LogP contribution in [0.25, 0.3) is 0 Å². The Labute approximate surface area is 110 Å². The van der Waals surface area contributed by atoms with Crippen molar-refractivity contribution in [3.8, 4) is 5.75 Å². The van der Waals surface area contributed by atoms with Crippen LogP contribution in [0.3, 0.4) is 0 Å². The third-order valence-corrected chi connectivity index (χ3v) is 2.83. The summed E-state index contributed by atoms with van der Waals surface area (Å²) in [7, 11) is 0. The molecule has 0 unspecified atom stereocenters. The molecule has 0 atom stereocenters. The van der Waals surface area contributed by atoms with Gasteiger partial charge in [0.1, 0.15) is 11.6 Å². The SMILES string of the molecule is Cc1cccc(F)c1NC(=O)Cc1ccccc1O. The van der Waals surface area contributed by atoms with Crippen molar-refractivity contribution in [2.45, 2.75) is 13.3 Å². The molecular formula is C15H14FNO2. The smallest absolute Gasteiger partial charge is 0.229 e. The Morgan fingerprint density at radius 1 is 1.21 bits per heavy atom. The van der Waals surface area contributed by atoms with Gasteiger partial charge in [0.25, 0.3) is 0 Å². The van der Waals surface area contributed by atoms with E-state index in [0.717, 1.165) is 0 Å². The first-order valence-electron chi connectivity index (χ1n) is 5.90. The highest BCUT2D eigenvalue weighted by Crippen LogP contribution is 2.20. The molecule has 0 radical (unpaired) electrons. The number of benzene rings is 2. The van der Waals surface area contributed by atoms with Gasteiger partial charge >= 0.3 is 0 Å². The van der Waals surface area contributed by atoms with Crippen molar-refractivity contribution in [3.05, 3.63) is 59.4 Å². The van der Waals surface area contributed by atoms with E-state index in [9.17, 15) is 14.3 Å². The fraction of sp³-hybridized carbons (Fsp3) is 0.133. The Balaban J connectivity index is 2.12. The van der Waals surface area contributed by atoms with Gasteiger partial charge in [-0.2, -0.15) is 0 Å². The lowest BCUT2D eigenvalue weighted by molar-refractivity contribution is -0.115. The molecule has 0 saturated carbocycles. The second kappa shape index (κ2) is 5.52. The molecule has 0 bridgehead atoms. The molecule has 3 nitrogen and oxygen atoms in total. The summed E-state index contributed by atoms with van der Waals surface area (Å²) in [6, 6.07) is 11.2. The van der Waals surface area contributed by atoms with E-state index in [1.807, 2.05) is 0 Å². The Morgan fingerprint density at radius 3 is 2.63 bits per heavy atom. The van der Waals surface area contributed by atoms with Gasteiger partial charge in [-0.25, -0.2) is 4.39 Å². The second-order valence-electron chi connectivity index (χ2n) is 4.29. The predicted octanol–water partition coefficient (Wildman–Crippen LogP) is 3.02. The van der Waals surface area contributed by atoms with Crippen LogP contribution in [0.1, 0.15) is 11.1 Å². The van der Waals surface area contributed by atoms with Gasteiger partial charge in [-0.1, -0.05) is 30.3 Å². The number of carbonyl (C=O) groups excluding carboxylic acids is 1. The molecule has 1 amide bonds. The lowest BCUT2D eigenvalue weighted by Crippen LogP contribution is -2.16. The minimum atomic E-state index is -0.467. The first-order valence-corrected chi connectivity index (χ1v) is 5.90. The van der Waals surface area contributed by atoms with Crippen LogP contribution in [-0.4, -0.2) is 11.0 Å². The number of phenols is 1. The van der Waals surface area contributed by atoms with E-state index in [2.05, 4.69) is 5.32 Å². The summed E-state index contributed by atoms with van der Waals surface area (Å²) in [6.07, 6.45) is 0.000444. The van der Waals surface area contributed by atoms with Gasteiger partial charge < -0.3 is 10.4 Å². The molecule has 19 heavy (non-hydrogen) atoms. The lowest BCUT2D eigenvalue weighted by Gasteiger charge is -2.10. The zero-order valence-electron chi connectivity index (χ0n) is 10.5. The van der Waals surface area contributed by atoms with E-state index in [-0.39, 0.29) is 23.8 Å². The Morgan fingerprint density at radius 2 is 1.95 bits per heavy atom. The summed E-state index contributed by atoms with van der Waals surface area (Å²) in [5.74, 6) is -0.775. The predicted molar refractivity (Wildman–Crippen MR) is 71.6 cm³/mol. The number of hydrogen-bond donors (Lipinski definition) is 2. The average Bonchev–Trinajstić information content (AvgIpc) is 2.37. The molecule has 2 N–H and O–H groups in total. The number of hydrogen-bond acceptors (Lipinski definition) is 2.